The fraction of sp³-hybridized carbons (Fsp3) is 0. The minimum absolute atomic E-state index is 0.107. The lowest BCUT2D eigenvalue weighted by atomic mass is 10.4. The molecule has 0 saturated carbocycles. The number of imidazole rings is 1. The van der Waals surface area contributed by atoms with Crippen LogP contribution in [0.25, 0.3) is 5.82 Å². The third kappa shape index (κ3) is 2.29. The van der Waals surface area contributed by atoms with Crippen LogP contribution in [-0.2, 0) is 0 Å². The van der Waals surface area contributed by atoms with Gasteiger partial charge in [0.1, 0.15) is 30.5 Å². The third-order valence-electron chi connectivity index (χ3n) is 2.39. The number of anilines is 1. The van der Waals surface area contributed by atoms with Gasteiger partial charge in [-0.25, -0.2) is 24.4 Å². The molecule has 0 radical (unpaired) electrons. The van der Waals surface area contributed by atoms with E-state index >= 15 is 0 Å². The number of hydrogen-bond acceptors (Lipinski definition) is 6. The monoisotopic (exact) mass is 272 g/mol. The summed E-state index contributed by atoms with van der Waals surface area (Å²) in [7, 11) is 0. The van der Waals surface area contributed by atoms with Crippen molar-refractivity contribution >= 4 is 11.7 Å². The molecule has 3 N–H and O–H groups in total. The van der Waals surface area contributed by atoms with E-state index in [9.17, 15) is 9.59 Å². The van der Waals surface area contributed by atoms with E-state index in [-0.39, 0.29) is 11.5 Å². The maximum absolute atomic E-state index is 11.8. The van der Waals surface area contributed by atoms with Crippen molar-refractivity contribution in [2.45, 2.75) is 0 Å². The lowest BCUT2D eigenvalue weighted by Crippen LogP contribution is -2.15. The van der Waals surface area contributed by atoms with Crippen molar-refractivity contribution in [2.75, 3.05) is 5.32 Å². The van der Waals surface area contributed by atoms with E-state index < -0.39 is 11.6 Å². The van der Waals surface area contributed by atoms with E-state index in [2.05, 4.69) is 35.3 Å². The quantitative estimate of drug-likeness (QED) is 0.578. The minimum Gasteiger partial charge on any atom is -0.312 e. The summed E-state index contributed by atoms with van der Waals surface area (Å²) in [4.78, 5) is 39.2. The van der Waals surface area contributed by atoms with Crippen LogP contribution in [0.15, 0.2) is 36.0 Å². The van der Waals surface area contributed by atoms with Gasteiger partial charge in [-0.3, -0.25) is 4.79 Å². The first kappa shape index (κ1) is 11.8. The van der Waals surface area contributed by atoms with Gasteiger partial charge in [-0.05, 0) is 0 Å². The van der Waals surface area contributed by atoms with E-state index in [0.29, 0.717) is 5.82 Å². The van der Waals surface area contributed by atoms with Gasteiger partial charge in [-0.1, -0.05) is 0 Å². The fourth-order valence-corrected chi connectivity index (χ4v) is 1.51. The molecule has 0 aliphatic rings. The first-order valence-electron chi connectivity index (χ1n) is 5.48. The second kappa shape index (κ2) is 4.76. The number of H-pyrrole nitrogens is 2. The van der Waals surface area contributed by atoms with Crippen molar-refractivity contribution in [3.63, 3.8) is 0 Å². The summed E-state index contributed by atoms with van der Waals surface area (Å²) in [6.07, 6.45) is 5.39. The maximum Gasteiger partial charge on any atom is 0.323 e. The molecule has 0 fully saturated rings. The number of carbonyl (C=O) groups excluding carboxylic acids is 1. The second-order valence-electron chi connectivity index (χ2n) is 3.71. The number of hydrogen-bond donors (Lipinski definition) is 3. The molecule has 0 aliphatic carbocycles. The predicted octanol–water partition coefficient (Wildman–Crippen LogP) is -0.674. The van der Waals surface area contributed by atoms with E-state index in [4.69, 9.17) is 0 Å². The Kier molecular flexibility index (Phi) is 2.80. The molecule has 0 saturated heterocycles. The van der Waals surface area contributed by atoms with Crippen LogP contribution in [0.5, 0.6) is 0 Å². The van der Waals surface area contributed by atoms with Crippen molar-refractivity contribution in [1.82, 2.24) is 34.7 Å². The molecule has 0 unspecified atom stereocenters. The summed E-state index contributed by atoms with van der Waals surface area (Å²) in [5.41, 5.74) is -0.350. The Morgan fingerprint density at radius 2 is 2.20 bits per heavy atom. The number of aromatic nitrogens is 7. The van der Waals surface area contributed by atoms with Crippen LogP contribution in [-0.4, -0.2) is 40.6 Å². The Morgan fingerprint density at radius 3 is 2.90 bits per heavy atom. The molecule has 0 atom stereocenters. The average Bonchev–Trinajstić information content (AvgIpc) is 3.10. The molecule has 3 aromatic heterocycles. The standard InChI is InChI=1S/C10H8N8O2/c19-9(6-2-12-10(20)16-6)17-7-1-8(14-4-13-7)18-5-11-3-15-18/h1-5H,(H2,12,16,20)(H,13,14,17,19). The molecule has 1 amide bonds. The minimum atomic E-state index is -0.494. The largest absolute Gasteiger partial charge is 0.323 e. The fourth-order valence-electron chi connectivity index (χ4n) is 1.51. The number of amides is 1. The lowest BCUT2D eigenvalue weighted by Gasteiger charge is -2.04. The van der Waals surface area contributed by atoms with Gasteiger partial charge in [0.25, 0.3) is 5.91 Å². The molecule has 0 aromatic carbocycles. The number of rotatable bonds is 3. The van der Waals surface area contributed by atoms with Crippen LogP contribution in [0.4, 0.5) is 5.82 Å². The lowest BCUT2D eigenvalue weighted by molar-refractivity contribution is 0.102. The van der Waals surface area contributed by atoms with Crippen molar-refractivity contribution in [1.29, 1.82) is 0 Å². The Hall–Kier alpha value is -3.30. The molecule has 100 valence electrons. The molecular weight excluding hydrogens is 264 g/mol. The first-order valence-corrected chi connectivity index (χ1v) is 5.48. The van der Waals surface area contributed by atoms with Gasteiger partial charge in [-0.15, -0.1) is 0 Å². The zero-order valence-corrected chi connectivity index (χ0v) is 9.94. The molecule has 0 aliphatic heterocycles. The van der Waals surface area contributed by atoms with Crippen LogP contribution >= 0.6 is 0 Å². The highest BCUT2D eigenvalue weighted by Gasteiger charge is 2.10. The van der Waals surface area contributed by atoms with Crippen LogP contribution in [0.3, 0.4) is 0 Å². The second-order valence-corrected chi connectivity index (χ2v) is 3.71. The Morgan fingerprint density at radius 1 is 1.30 bits per heavy atom. The highest BCUT2D eigenvalue weighted by atomic mass is 16.2. The summed E-state index contributed by atoms with van der Waals surface area (Å²) < 4.78 is 1.43. The summed E-state index contributed by atoms with van der Waals surface area (Å²) in [5.74, 6) is 0.236. The van der Waals surface area contributed by atoms with Gasteiger partial charge in [0.2, 0.25) is 0 Å². The molecule has 0 bridgehead atoms. The Balaban J connectivity index is 1.83. The van der Waals surface area contributed by atoms with Crippen molar-refractivity contribution in [2.24, 2.45) is 0 Å². The molecule has 3 aromatic rings. The molecule has 0 spiro atoms. The van der Waals surface area contributed by atoms with Gasteiger partial charge >= 0.3 is 5.69 Å². The topological polar surface area (TPSA) is 134 Å². The van der Waals surface area contributed by atoms with Gasteiger partial charge in [0, 0.05) is 12.3 Å². The maximum atomic E-state index is 11.8. The highest BCUT2D eigenvalue weighted by molar-refractivity contribution is 6.02. The van der Waals surface area contributed by atoms with Crippen LogP contribution in [0.2, 0.25) is 0 Å². The number of nitrogens with zero attached hydrogens (tertiary/aromatic N) is 5. The van der Waals surface area contributed by atoms with Crippen molar-refractivity contribution < 1.29 is 4.79 Å². The third-order valence-corrected chi connectivity index (χ3v) is 2.39. The zero-order chi connectivity index (χ0) is 13.9. The van der Waals surface area contributed by atoms with Crippen LogP contribution in [0.1, 0.15) is 10.5 Å². The SMILES string of the molecule is O=C(Nc1cc(-n2cncn2)ncn1)c1c[nH]c(=O)[nH]1. The van der Waals surface area contributed by atoms with E-state index in [1.165, 1.54) is 35.9 Å². The highest BCUT2D eigenvalue weighted by Crippen LogP contribution is 2.08. The predicted molar refractivity (Wildman–Crippen MR) is 66.3 cm³/mol. The molecule has 10 heteroatoms. The number of nitrogens with one attached hydrogen (secondary N) is 3. The molecule has 20 heavy (non-hydrogen) atoms. The molecule has 10 nitrogen and oxygen atoms in total. The van der Waals surface area contributed by atoms with Gasteiger partial charge in [-0.2, -0.15) is 5.10 Å². The van der Waals surface area contributed by atoms with Crippen molar-refractivity contribution in [3.8, 4) is 5.82 Å². The summed E-state index contributed by atoms with van der Waals surface area (Å²) in [6, 6.07) is 1.53. The number of carbonyl (C=O) groups is 1. The smallest absolute Gasteiger partial charge is 0.312 e. The van der Waals surface area contributed by atoms with Gasteiger partial charge in [0.15, 0.2) is 5.82 Å². The van der Waals surface area contributed by atoms with E-state index in [1.54, 1.807) is 0 Å². The summed E-state index contributed by atoms with van der Waals surface area (Å²) in [5, 5.41) is 6.45. The average molecular weight is 272 g/mol. The van der Waals surface area contributed by atoms with Crippen LogP contribution < -0.4 is 11.0 Å². The molecule has 3 heterocycles. The molecule has 3 rings (SSSR count). The Labute approximate surface area is 110 Å². The summed E-state index contributed by atoms with van der Waals surface area (Å²) in [6.45, 7) is 0. The molecular formula is C10H8N8O2. The first-order chi connectivity index (χ1) is 9.72. The van der Waals surface area contributed by atoms with E-state index in [1.807, 2.05) is 0 Å². The van der Waals surface area contributed by atoms with E-state index in [0.717, 1.165) is 0 Å². The summed E-state index contributed by atoms with van der Waals surface area (Å²) >= 11 is 0. The number of aromatic amines is 2. The zero-order valence-electron chi connectivity index (χ0n) is 9.94. The Bertz CT molecular complexity index is 787. The van der Waals surface area contributed by atoms with Gasteiger partial charge < -0.3 is 15.3 Å². The van der Waals surface area contributed by atoms with Crippen LogP contribution in [0, 0.1) is 0 Å². The normalized spacial score (nSPS) is 10.4. The van der Waals surface area contributed by atoms with Gasteiger partial charge in [0.05, 0.1) is 0 Å². The van der Waals surface area contributed by atoms with Crippen molar-refractivity contribution in [3.05, 3.63) is 47.4 Å².